The molecule has 0 fully saturated rings. The average molecular weight is 220 g/mol. The van der Waals surface area contributed by atoms with E-state index in [9.17, 15) is 9.50 Å². The maximum Gasteiger partial charge on any atom is 0.132 e. The topological polar surface area (TPSA) is 38.1 Å². The Morgan fingerprint density at radius 1 is 1.38 bits per heavy atom. The highest BCUT2D eigenvalue weighted by molar-refractivity contribution is 5.31. The van der Waals surface area contributed by atoms with Gasteiger partial charge in [-0.15, -0.1) is 0 Å². The van der Waals surface area contributed by atoms with E-state index in [2.05, 4.69) is 5.10 Å². The summed E-state index contributed by atoms with van der Waals surface area (Å²) in [6.07, 6.45) is 0.596. The van der Waals surface area contributed by atoms with Crippen molar-refractivity contribution in [2.75, 3.05) is 0 Å². The van der Waals surface area contributed by atoms with Gasteiger partial charge in [-0.3, -0.25) is 4.68 Å². The van der Waals surface area contributed by atoms with E-state index < -0.39 is 6.10 Å². The Morgan fingerprint density at radius 2 is 2.12 bits per heavy atom. The van der Waals surface area contributed by atoms with Crippen LogP contribution in [0.1, 0.15) is 22.9 Å². The van der Waals surface area contributed by atoms with Gasteiger partial charge in [0.15, 0.2) is 0 Å². The van der Waals surface area contributed by atoms with Crippen LogP contribution in [0.5, 0.6) is 0 Å². The SMILES string of the molecule is Cc1cccc(C(O)c2ccnn2C)c1F. The van der Waals surface area contributed by atoms with Crippen molar-refractivity contribution in [2.24, 2.45) is 7.05 Å². The predicted molar refractivity (Wildman–Crippen MR) is 58.4 cm³/mol. The normalized spacial score (nSPS) is 12.8. The summed E-state index contributed by atoms with van der Waals surface area (Å²) >= 11 is 0. The number of rotatable bonds is 2. The first-order chi connectivity index (χ1) is 7.61. The third-order valence-corrected chi connectivity index (χ3v) is 2.66. The van der Waals surface area contributed by atoms with E-state index in [1.807, 2.05) is 0 Å². The number of halogens is 1. The van der Waals surface area contributed by atoms with E-state index >= 15 is 0 Å². The molecule has 1 heterocycles. The van der Waals surface area contributed by atoms with Crippen LogP contribution in [0.15, 0.2) is 30.5 Å². The lowest BCUT2D eigenvalue weighted by Crippen LogP contribution is -2.08. The molecule has 1 N–H and O–H groups in total. The molecule has 3 nitrogen and oxygen atoms in total. The molecule has 4 heteroatoms. The van der Waals surface area contributed by atoms with Gasteiger partial charge in [0.05, 0.1) is 5.69 Å². The van der Waals surface area contributed by atoms with Crippen molar-refractivity contribution < 1.29 is 9.50 Å². The zero-order chi connectivity index (χ0) is 11.7. The molecule has 0 bridgehead atoms. The van der Waals surface area contributed by atoms with Crippen molar-refractivity contribution in [3.63, 3.8) is 0 Å². The summed E-state index contributed by atoms with van der Waals surface area (Å²) in [4.78, 5) is 0. The van der Waals surface area contributed by atoms with E-state index in [0.29, 0.717) is 11.3 Å². The second-order valence-corrected chi connectivity index (χ2v) is 3.76. The summed E-state index contributed by atoms with van der Waals surface area (Å²) in [5.74, 6) is -0.365. The maximum atomic E-state index is 13.8. The lowest BCUT2D eigenvalue weighted by atomic mass is 10.0. The second kappa shape index (κ2) is 4.06. The Labute approximate surface area is 93.2 Å². The zero-order valence-corrected chi connectivity index (χ0v) is 9.18. The van der Waals surface area contributed by atoms with Gasteiger partial charge in [0.25, 0.3) is 0 Å². The number of aliphatic hydroxyl groups is 1. The molecule has 1 aromatic heterocycles. The molecular formula is C12H13FN2O. The van der Waals surface area contributed by atoms with Crippen LogP contribution in [0.3, 0.4) is 0 Å². The molecule has 0 aliphatic heterocycles. The Balaban J connectivity index is 2.46. The van der Waals surface area contributed by atoms with Crippen LogP contribution in [0, 0.1) is 12.7 Å². The molecule has 0 saturated heterocycles. The highest BCUT2D eigenvalue weighted by atomic mass is 19.1. The smallest absolute Gasteiger partial charge is 0.132 e. The fourth-order valence-electron chi connectivity index (χ4n) is 1.69. The van der Waals surface area contributed by atoms with Gasteiger partial charge in [-0.2, -0.15) is 5.10 Å². The highest BCUT2D eigenvalue weighted by Gasteiger charge is 2.18. The van der Waals surface area contributed by atoms with Crippen molar-refractivity contribution in [1.82, 2.24) is 9.78 Å². The third kappa shape index (κ3) is 1.72. The molecule has 0 spiro atoms. The minimum absolute atomic E-state index is 0.281. The number of aryl methyl sites for hydroxylation is 2. The van der Waals surface area contributed by atoms with Crippen LogP contribution in [0.25, 0.3) is 0 Å². The van der Waals surface area contributed by atoms with E-state index in [4.69, 9.17) is 0 Å². The van der Waals surface area contributed by atoms with Gasteiger partial charge in [-0.25, -0.2) is 4.39 Å². The van der Waals surface area contributed by atoms with Crippen molar-refractivity contribution in [3.05, 3.63) is 53.1 Å². The Morgan fingerprint density at radius 3 is 2.75 bits per heavy atom. The predicted octanol–water partition coefficient (Wildman–Crippen LogP) is 1.95. The van der Waals surface area contributed by atoms with Gasteiger partial charge < -0.3 is 5.11 Å². The van der Waals surface area contributed by atoms with Crippen LogP contribution in [0.2, 0.25) is 0 Å². The largest absolute Gasteiger partial charge is 0.382 e. The molecule has 0 saturated carbocycles. The second-order valence-electron chi connectivity index (χ2n) is 3.76. The van der Waals surface area contributed by atoms with E-state index in [1.54, 1.807) is 44.4 Å². The fourth-order valence-corrected chi connectivity index (χ4v) is 1.69. The standard InChI is InChI=1S/C12H13FN2O/c1-8-4-3-5-9(11(8)13)12(16)10-6-7-14-15(10)2/h3-7,12,16H,1-2H3. The molecule has 1 unspecified atom stereocenters. The van der Waals surface area contributed by atoms with Gasteiger partial charge >= 0.3 is 0 Å². The highest BCUT2D eigenvalue weighted by Crippen LogP contribution is 2.25. The van der Waals surface area contributed by atoms with E-state index in [0.717, 1.165) is 0 Å². The summed E-state index contributed by atoms with van der Waals surface area (Å²) in [6.45, 7) is 1.68. The zero-order valence-electron chi connectivity index (χ0n) is 9.18. The van der Waals surface area contributed by atoms with Crippen molar-refractivity contribution >= 4 is 0 Å². The molecule has 84 valence electrons. The molecule has 0 aliphatic rings. The number of benzene rings is 1. The monoisotopic (exact) mass is 220 g/mol. The Kier molecular flexibility index (Phi) is 2.75. The summed E-state index contributed by atoms with van der Waals surface area (Å²) in [5.41, 5.74) is 1.38. The maximum absolute atomic E-state index is 13.8. The molecule has 2 aromatic rings. The molecule has 2 rings (SSSR count). The lowest BCUT2D eigenvalue weighted by molar-refractivity contribution is 0.204. The first-order valence-electron chi connectivity index (χ1n) is 5.02. The minimum Gasteiger partial charge on any atom is -0.382 e. The molecule has 0 amide bonds. The number of aromatic nitrogens is 2. The van der Waals surface area contributed by atoms with Crippen molar-refractivity contribution in [1.29, 1.82) is 0 Å². The number of hydrogen-bond donors (Lipinski definition) is 1. The molecular weight excluding hydrogens is 207 g/mol. The van der Waals surface area contributed by atoms with Gasteiger partial charge in [0, 0.05) is 18.8 Å². The van der Waals surface area contributed by atoms with E-state index in [1.165, 1.54) is 4.68 Å². The molecule has 1 aromatic carbocycles. The molecule has 0 aliphatic carbocycles. The first kappa shape index (κ1) is 10.8. The average Bonchev–Trinajstić information content (AvgIpc) is 2.68. The van der Waals surface area contributed by atoms with Crippen molar-refractivity contribution in [3.8, 4) is 0 Å². The van der Waals surface area contributed by atoms with Crippen LogP contribution in [-0.4, -0.2) is 14.9 Å². The molecule has 16 heavy (non-hydrogen) atoms. The van der Waals surface area contributed by atoms with Crippen LogP contribution in [-0.2, 0) is 7.05 Å². The number of hydrogen-bond acceptors (Lipinski definition) is 2. The summed E-state index contributed by atoms with van der Waals surface area (Å²) in [5, 5.41) is 14.0. The van der Waals surface area contributed by atoms with Gasteiger partial charge in [-0.05, 0) is 18.6 Å². The van der Waals surface area contributed by atoms with Crippen LogP contribution < -0.4 is 0 Å². The Bertz CT molecular complexity index is 507. The number of aliphatic hydroxyl groups excluding tert-OH is 1. The molecule has 0 radical (unpaired) electrons. The quantitative estimate of drug-likeness (QED) is 0.840. The summed E-state index contributed by atoms with van der Waals surface area (Å²) in [7, 11) is 1.71. The van der Waals surface area contributed by atoms with Crippen molar-refractivity contribution in [2.45, 2.75) is 13.0 Å². The van der Waals surface area contributed by atoms with Crippen LogP contribution >= 0.6 is 0 Å². The molecule has 1 atom stereocenters. The van der Waals surface area contributed by atoms with E-state index in [-0.39, 0.29) is 11.4 Å². The lowest BCUT2D eigenvalue weighted by Gasteiger charge is -2.13. The van der Waals surface area contributed by atoms with Gasteiger partial charge in [-0.1, -0.05) is 18.2 Å². The van der Waals surface area contributed by atoms with Gasteiger partial charge in [0.2, 0.25) is 0 Å². The third-order valence-electron chi connectivity index (χ3n) is 2.66. The minimum atomic E-state index is -0.979. The Hall–Kier alpha value is -1.68. The van der Waals surface area contributed by atoms with Crippen LogP contribution in [0.4, 0.5) is 4.39 Å². The number of nitrogens with zero attached hydrogens (tertiary/aromatic N) is 2. The fraction of sp³-hybridized carbons (Fsp3) is 0.250. The van der Waals surface area contributed by atoms with Gasteiger partial charge in [0.1, 0.15) is 11.9 Å². The summed E-state index contributed by atoms with van der Waals surface area (Å²) < 4.78 is 15.3. The first-order valence-corrected chi connectivity index (χ1v) is 5.02. The summed E-state index contributed by atoms with van der Waals surface area (Å²) in [6, 6.07) is 6.66.